The third kappa shape index (κ3) is 4.33. The summed E-state index contributed by atoms with van der Waals surface area (Å²) < 4.78 is 28.1. The molecule has 0 spiro atoms. The minimum Gasteiger partial charge on any atom is -0.435 e. The van der Waals surface area contributed by atoms with Gasteiger partial charge in [0, 0.05) is 6.54 Å². The molecule has 1 aliphatic rings. The monoisotopic (exact) mass is 292 g/mol. The van der Waals surface area contributed by atoms with Gasteiger partial charge in [0.25, 0.3) is 0 Å². The van der Waals surface area contributed by atoms with E-state index in [1.165, 1.54) is 12.1 Å². The maximum Gasteiger partial charge on any atom is 0.387 e. The highest BCUT2D eigenvalue weighted by Gasteiger charge is 2.45. The summed E-state index contributed by atoms with van der Waals surface area (Å²) in [6, 6.07) is 6.11. The summed E-state index contributed by atoms with van der Waals surface area (Å²) in [6.45, 7) is -2.50. The first-order chi connectivity index (χ1) is 8.49. The summed E-state index contributed by atoms with van der Waals surface area (Å²) in [4.78, 5) is 11.6. The Hall–Kier alpha value is -1.40. The Morgan fingerprint density at radius 3 is 2.42 bits per heavy atom. The van der Waals surface area contributed by atoms with Gasteiger partial charge in [-0.25, -0.2) is 0 Å². The molecule has 3 N–H and O–H groups in total. The van der Waals surface area contributed by atoms with Crippen LogP contribution in [0.3, 0.4) is 0 Å². The van der Waals surface area contributed by atoms with Crippen molar-refractivity contribution in [3.8, 4) is 5.75 Å². The second kappa shape index (κ2) is 6.16. The minimum absolute atomic E-state index is 0. The standard InChI is InChI=1S/C12H14F2N2O2.ClH/c13-11(14)18-9-3-1-8(2-4-9)7-16-10(17)12(15)5-6-12;/h1-4,11H,5-7,15H2,(H,16,17);1H. The Labute approximate surface area is 115 Å². The number of amides is 1. The number of carbonyl (C=O) groups excluding carboxylic acids is 1. The van der Waals surface area contributed by atoms with Crippen molar-refractivity contribution in [3.63, 3.8) is 0 Å². The van der Waals surface area contributed by atoms with Crippen LogP contribution in [0.4, 0.5) is 8.78 Å². The third-order valence-electron chi connectivity index (χ3n) is 2.84. The van der Waals surface area contributed by atoms with Crippen LogP contribution < -0.4 is 15.8 Å². The lowest BCUT2D eigenvalue weighted by atomic mass is 10.2. The lowest BCUT2D eigenvalue weighted by Gasteiger charge is -2.10. The van der Waals surface area contributed by atoms with Crippen LogP contribution in [0.5, 0.6) is 5.75 Å². The van der Waals surface area contributed by atoms with Crippen molar-refractivity contribution < 1.29 is 18.3 Å². The summed E-state index contributed by atoms with van der Waals surface area (Å²) >= 11 is 0. The van der Waals surface area contributed by atoms with Crippen molar-refractivity contribution >= 4 is 18.3 Å². The number of alkyl halides is 2. The molecule has 4 nitrogen and oxygen atoms in total. The first-order valence-electron chi connectivity index (χ1n) is 5.60. The molecular formula is C12H15ClF2N2O2. The number of hydrogen-bond donors (Lipinski definition) is 2. The van der Waals surface area contributed by atoms with Gasteiger partial charge in [-0.05, 0) is 30.5 Å². The topological polar surface area (TPSA) is 64.4 Å². The quantitative estimate of drug-likeness (QED) is 0.870. The van der Waals surface area contributed by atoms with E-state index in [1.54, 1.807) is 12.1 Å². The van der Waals surface area contributed by atoms with Crippen LogP contribution >= 0.6 is 12.4 Å². The molecular weight excluding hydrogens is 278 g/mol. The van der Waals surface area contributed by atoms with Crippen LogP contribution in [0.15, 0.2) is 24.3 Å². The van der Waals surface area contributed by atoms with Crippen LogP contribution in [0.25, 0.3) is 0 Å². The van der Waals surface area contributed by atoms with E-state index >= 15 is 0 Å². The fraction of sp³-hybridized carbons (Fsp3) is 0.417. The van der Waals surface area contributed by atoms with Gasteiger partial charge in [0.2, 0.25) is 5.91 Å². The van der Waals surface area contributed by atoms with Gasteiger partial charge in [0.1, 0.15) is 5.75 Å². The molecule has 0 heterocycles. The third-order valence-corrected chi connectivity index (χ3v) is 2.84. The van der Waals surface area contributed by atoms with E-state index in [1.807, 2.05) is 0 Å². The Kier molecular flexibility index (Phi) is 5.08. The van der Waals surface area contributed by atoms with E-state index in [2.05, 4.69) is 10.1 Å². The van der Waals surface area contributed by atoms with E-state index in [0.717, 1.165) is 5.56 Å². The van der Waals surface area contributed by atoms with Crippen LogP contribution in [0, 0.1) is 0 Å². The fourth-order valence-corrected chi connectivity index (χ4v) is 1.51. The normalized spacial score (nSPS) is 15.6. The fourth-order valence-electron chi connectivity index (χ4n) is 1.51. The molecule has 0 aromatic heterocycles. The predicted octanol–water partition coefficient (Wildman–Crippen LogP) is 1.82. The molecule has 0 saturated heterocycles. The zero-order valence-electron chi connectivity index (χ0n) is 10.1. The number of halogens is 3. The summed E-state index contributed by atoms with van der Waals surface area (Å²) in [5.41, 5.74) is 5.82. The second-order valence-corrected chi connectivity index (χ2v) is 4.36. The highest BCUT2D eigenvalue weighted by atomic mass is 35.5. The maximum atomic E-state index is 11.9. The SMILES string of the molecule is Cl.NC1(C(=O)NCc2ccc(OC(F)F)cc2)CC1. The predicted molar refractivity (Wildman–Crippen MR) is 68.3 cm³/mol. The summed E-state index contributed by atoms with van der Waals surface area (Å²) in [5, 5.41) is 2.71. The van der Waals surface area contributed by atoms with Crippen LogP contribution in [-0.4, -0.2) is 18.1 Å². The van der Waals surface area contributed by atoms with Crippen molar-refractivity contribution in [2.75, 3.05) is 0 Å². The van der Waals surface area contributed by atoms with Crippen molar-refractivity contribution in [2.45, 2.75) is 31.5 Å². The van der Waals surface area contributed by atoms with Gasteiger partial charge in [0.05, 0.1) is 5.54 Å². The molecule has 1 aromatic carbocycles. The number of hydrogen-bond acceptors (Lipinski definition) is 3. The summed E-state index contributed by atoms with van der Waals surface area (Å²) in [7, 11) is 0. The Bertz CT molecular complexity index is 436. The molecule has 1 amide bonds. The van der Waals surface area contributed by atoms with Gasteiger partial charge in [-0.3, -0.25) is 4.79 Å². The lowest BCUT2D eigenvalue weighted by Crippen LogP contribution is -2.42. The summed E-state index contributed by atoms with van der Waals surface area (Å²) in [6.07, 6.45) is 1.42. The molecule has 1 aromatic rings. The zero-order chi connectivity index (χ0) is 13.2. The van der Waals surface area contributed by atoms with E-state index in [9.17, 15) is 13.6 Å². The minimum atomic E-state index is -2.83. The largest absolute Gasteiger partial charge is 0.435 e. The molecule has 19 heavy (non-hydrogen) atoms. The zero-order valence-corrected chi connectivity index (χ0v) is 10.9. The van der Waals surface area contributed by atoms with Crippen molar-refractivity contribution in [3.05, 3.63) is 29.8 Å². The molecule has 1 saturated carbocycles. The molecule has 0 bridgehead atoms. The Balaban J connectivity index is 0.00000180. The van der Waals surface area contributed by atoms with Crippen LogP contribution in [0.1, 0.15) is 18.4 Å². The highest BCUT2D eigenvalue weighted by Crippen LogP contribution is 2.32. The molecule has 106 valence electrons. The molecule has 1 aliphatic carbocycles. The van der Waals surface area contributed by atoms with Gasteiger partial charge in [-0.1, -0.05) is 12.1 Å². The first kappa shape index (κ1) is 15.7. The molecule has 0 radical (unpaired) electrons. The van der Waals surface area contributed by atoms with Crippen molar-refractivity contribution in [1.29, 1.82) is 0 Å². The molecule has 0 aliphatic heterocycles. The molecule has 7 heteroatoms. The first-order valence-corrected chi connectivity index (χ1v) is 5.60. The van der Waals surface area contributed by atoms with Crippen molar-refractivity contribution in [1.82, 2.24) is 5.32 Å². The van der Waals surface area contributed by atoms with Gasteiger partial charge < -0.3 is 15.8 Å². The van der Waals surface area contributed by atoms with E-state index in [0.29, 0.717) is 19.4 Å². The van der Waals surface area contributed by atoms with Crippen molar-refractivity contribution in [2.24, 2.45) is 5.73 Å². The van der Waals surface area contributed by atoms with Gasteiger partial charge in [-0.15, -0.1) is 12.4 Å². The maximum absolute atomic E-state index is 11.9. The molecule has 0 unspecified atom stereocenters. The number of nitrogens with one attached hydrogen (secondary N) is 1. The Morgan fingerprint density at radius 2 is 1.95 bits per heavy atom. The van der Waals surface area contributed by atoms with Crippen LogP contribution in [-0.2, 0) is 11.3 Å². The Morgan fingerprint density at radius 1 is 1.37 bits per heavy atom. The van der Waals surface area contributed by atoms with Gasteiger partial charge in [0.15, 0.2) is 0 Å². The van der Waals surface area contributed by atoms with E-state index < -0.39 is 12.2 Å². The highest BCUT2D eigenvalue weighted by molar-refractivity contribution is 5.88. The molecule has 2 rings (SSSR count). The van der Waals surface area contributed by atoms with Crippen LogP contribution in [0.2, 0.25) is 0 Å². The molecule has 1 fully saturated rings. The average molecular weight is 293 g/mol. The summed E-state index contributed by atoms with van der Waals surface area (Å²) in [5.74, 6) is -0.0760. The number of rotatable bonds is 5. The lowest BCUT2D eigenvalue weighted by molar-refractivity contribution is -0.123. The van der Waals surface area contributed by atoms with Gasteiger partial charge >= 0.3 is 6.61 Å². The number of nitrogens with two attached hydrogens (primary N) is 1. The number of carbonyl (C=O) groups is 1. The van der Waals surface area contributed by atoms with E-state index in [4.69, 9.17) is 5.73 Å². The number of benzene rings is 1. The van der Waals surface area contributed by atoms with Gasteiger partial charge in [-0.2, -0.15) is 8.78 Å². The number of ether oxygens (including phenoxy) is 1. The smallest absolute Gasteiger partial charge is 0.387 e. The average Bonchev–Trinajstić information content (AvgIpc) is 3.07. The molecule has 0 atom stereocenters. The van der Waals surface area contributed by atoms with E-state index in [-0.39, 0.29) is 24.1 Å². The second-order valence-electron chi connectivity index (χ2n) is 4.36.